The van der Waals surface area contributed by atoms with Gasteiger partial charge in [0.05, 0.1) is 12.0 Å². The van der Waals surface area contributed by atoms with Gasteiger partial charge in [-0.2, -0.15) is 0 Å². The third-order valence-electron chi connectivity index (χ3n) is 4.14. The number of rotatable bonds is 4. The van der Waals surface area contributed by atoms with Crippen LogP contribution < -0.4 is 15.1 Å². The molecular formula is C17H18O11. The number of benzene rings is 1. The summed E-state index contributed by atoms with van der Waals surface area (Å²) in [7, 11) is 0. The molecule has 5 N–H and O–H groups in total. The molecule has 0 aliphatic carbocycles. The first kappa shape index (κ1) is 20.0. The third kappa shape index (κ3) is 3.66. The van der Waals surface area contributed by atoms with E-state index in [1.165, 1.54) is 6.07 Å². The van der Waals surface area contributed by atoms with Crippen molar-refractivity contribution in [3.63, 3.8) is 0 Å². The minimum Gasteiger partial charge on any atom is -0.504 e. The molecule has 1 fully saturated rings. The Balaban J connectivity index is 2.06. The summed E-state index contributed by atoms with van der Waals surface area (Å²) in [6, 6.07) is 3.37. The van der Waals surface area contributed by atoms with Crippen molar-refractivity contribution in [2.24, 2.45) is 0 Å². The average Bonchev–Trinajstić information content (AvgIpc) is 2.63. The Morgan fingerprint density at radius 2 is 1.86 bits per heavy atom. The standard InChI is InChI=1S/C17H18O11/c1-6(19)25-15-7-2-3-11(21)26-9(7)4-8(20)16(15)28-17-14(24)13(23)12(22)10(5-18)27-17/h2-4,10,12-14,17-18,20,22-24H,5H2,1H3/t10-,12-,13+,14-,17+/m1/s1. The minimum absolute atomic E-state index is 0.0950. The smallest absolute Gasteiger partial charge is 0.336 e. The molecule has 1 aromatic heterocycles. The molecule has 2 aromatic rings. The van der Waals surface area contributed by atoms with Crippen LogP contribution in [0.4, 0.5) is 0 Å². The van der Waals surface area contributed by atoms with Crippen molar-refractivity contribution in [2.75, 3.05) is 6.61 Å². The molecule has 1 aliphatic heterocycles. The first-order valence-electron chi connectivity index (χ1n) is 8.18. The van der Waals surface area contributed by atoms with Crippen molar-refractivity contribution in [1.82, 2.24) is 0 Å². The summed E-state index contributed by atoms with van der Waals surface area (Å²) < 4.78 is 20.7. The molecule has 0 bridgehead atoms. The second kappa shape index (κ2) is 7.73. The molecule has 11 heteroatoms. The molecule has 5 atom stereocenters. The van der Waals surface area contributed by atoms with Crippen LogP contribution in [-0.4, -0.2) is 68.8 Å². The summed E-state index contributed by atoms with van der Waals surface area (Å²) in [5.74, 6) is -2.16. The van der Waals surface area contributed by atoms with Gasteiger partial charge in [-0.25, -0.2) is 4.79 Å². The number of carbonyl (C=O) groups is 1. The highest BCUT2D eigenvalue weighted by atomic mass is 16.7. The number of hydrogen-bond acceptors (Lipinski definition) is 11. The maximum Gasteiger partial charge on any atom is 0.336 e. The molecule has 0 saturated carbocycles. The van der Waals surface area contributed by atoms with Gasteiger partial charge in [0.15, 0.2) is 11.5 Å². The van der Waals surface area contributed by atoms with Gasteiger partial charge in [-0.1, -0.05) is 0 Å². The highest BCUT2D eigenvalue weighted by molar-refractivity contribution is 5.91. The largest absolute Gasteiger partial charge is 0.504 e. The van der Waals surface area contributed by atoms with E-state index in [0.717, 1.165) is 19.1 Å². The van der Waals surface area contributed by atoms with Crippen LogP contribution >= 0.6 is 0 Å². The molecule has 1 aromatic carbocycles. The van der Waals surface area contributed by atoms with Gasteiger partial charge in [0.2, 0.25) is 12.0 Å². The Morgan fingerprint density at radius 3 is 2.50 bits per heavy atom. The number of aliphatic hydroxyl groups is 4. The van der Waals surface area contributed by atoms with Crippen LogP contribution in [0.1, 0.15) is 6.92 Å². The minimum atomic E-state index is -1.76. The first-order chi connectivity index (χ1) is 13.2. The lowest BCUT2D eigenvalue weighted by molar-refractivity contribution is -0.277. The zero-order valence-corrected chi connectivity index (χ0v) is 14.5. The van der Waals surface area contributed by atoms with E-state index in [9.17, 15) is 35.1 Å². The van der Waals surface area contributed by atoms with Crippen molar-refractivity contribution in [1.29, 1.82) is 0 Å². The van der Waals surface area contributed by atoms with E-state index >= 15 is 0 Å². The molecule has 0 amide bonds. The van der Waals surface area contributed by atoms with E-state index in [2.05, 4.69) is 0 Å². The average molecular weight is 398 g/mol. The van der Waals surface area contributed by atoms with E-state index < -0.39 is 60.4 Å². The highest BCUT2D eigenvalue weighted by Crippen LogP contribution is 2.44. The van der Waals surface area contributed by atoms with Gasteiger partial charge in [-0.15, -0.1) is 0 Å². The Labute approximate surface area is 156 Å². The van der Waals surface area contributed by atoms with Crippen LogP contribution in [0.2, 0.25) is 0 Å². The van der Waals surface area contributed by atoms with Crippen molar-refractivity contribution >= 4 is 16.9 Å². The van der Waals surface area contributed by atoms with Crippen LogP contribution in [0.3, 0.4) is 0 Å². The van der Waals surface area contributed by atoms with Crippen molar-refractivity contribution in [3.8, 4) is 17.2 Å². The fourth-order valence-electron chi connectivity index (χ4n) is 2.79. The van der Waals surface area contributed by atoms with Gasteiger partial charge in [-0.05, 0) is 6.07 Å². The highest BCUT2D eigenvalue weighted by Gasteiger charge is 2.45. The van der Waals surface area contributed by atoms with E-state index in [1.807, 2.05) is 0 Å². The Kier molecular flexibility index (Phi) is 5.54. The van der Waals surface area contributed by atoms with Crippen molar-refractivity contribution in [3.05, 3.63) is 28.6 Å². The van der Waals surface area contributed by atoms with Gasteiger partial charge < -0.3 is 44.2 Å². The number of ether oxygens (including phenoxy) is 3. The fraction of sp³-hybridized carbons (Fsp3) is 0.412. The molecule has 1 aliphatic rings. The maximum absolute atomic E-state index is 11.5. The van der Waals surface area contributed by atoms with Crippen molar-refractivity contribution in [2.45, 2.75) is 37.6 Å². The molecule has 28 heavy (non-hydrogen) atoms. The SMILES string of the molecule is CC(=O)Oc1c(O[C@@H]2O[C@H](CO)[C@@H](O)[C@H](O)[C@H]2O)c(O)cc2oc(=O)ccc12. The van der Waals surface area contributed by atoms with Crippen LogP contribution in [0.15, 0.2) is 27.4 Å². The number of aliphatic hydroxyl groups excluding tert-OH is 4. The predicted octanol–water partition coefficient (Wildman–Crippen LogP) is -1.40. The zero-order valence-electron chi connectivity index (χ0n) is 14.5. The number of phenols is 1. The number of carbonyl (C=O) groups excluding carboxylic acids is 1. The van der Waals surface area contributed by atoms with Crippen LogP contribution in [0.5, 0.6) is 17.2 Å². The molecule has 0 spiro atoms. The lowest BCUT2D eigenvalue weighted by atomic mass is 9.99. The van der Waals surface area contributed by atoms with Crippen LogP contribution in [0.25, 0.3) is 11.0 Å². The summed E-state index contributed by atoms with van der Waals surface area (Å²) >= 11 is 0. The molecule has 0 radical (unpaired) electrons. The van der Waals surface area contributed by atoms with Gasteiger partial charge in [0.1, 0.15) is 30.0 Å². The van der Waals surface area contributed by atoms with E-state index in [4.69, 9.17) is 18.6 Å². The Morgan fingerprint density at radius 1 is 1.14 bits per heavy atom. The lowest BCUT2D eigenvalue weighted by Crippen LogP contribution is -2.60. The summed E-state index contributed by atoms with van der Waals surface area (Å²) in [5.41, 5.74) is -0.800. The Bertz CT molecular complexity index is 935. The first-order valence-corrected chi connectivity index (χ1v) is 8.18. The topological polar surface area (TPSA) is 176 Å². The maximum atomic E-state index is 11.5. The molecule has 1 saturated heterocycles. The molecule has 0 unspecified atom stereocenters. The third-order valence-corrected chi connectivity index (χ3v) is 4.14. The summed E-state index contributed by atoms with van der Waals surface area (Å²) in [5, 5.41) is 49.4. The monoisotopic (exact) mass is 398 g/mol. The van der Waals surface area contributed by atoms with Crippen molar-refractivity contribution < 1.29 is 49.0 Å². The summed E-state index contributed by atoms with van der Waals surface area (Å²) in [6.45, 7) is 0.406. The van der Waals surface area contributed by atoms with Gasteiger partial charge in [0, 0.05) is 19.1 Å². The summed E-state index contributed by atoms with van der Waals surface area (Å²) in [6.07, 6.45) is -7.96. The zero-order chi connectivity index (χ0) is 20.6. The molecule has 152 valence electrons. The fourth-order valence-corrected chi connectivity index (χ4v) is 2.79. The summed E-state index contributed by atoms with van der Waals surface area (Å²) in [4.78, 5) is 22.9. The number of phenolic OH excluding ortho intramolecular Hbond substituents is 1. The predicted molar refractivity (Wildman–Crippen MR) is 89.9 cm³/mol. The second-order valence-electron chi connectivity index (χ2n) is 6.13. The number of fused-ring (bicyclic) bond motifs is 1. The number of esters is 1. The van der Waals surface area contributed by atoms with Gasteiger partial charge >= 0.3 is 11.6 Å². The van der Waals surface area contributed by atoms with Crippen LogP contribution in [-0.2, 0) is 9.53 Å². The molecular weight excluding hydrogens is 380 g/mol. The number of hydrogen-bond donors (Lipinski definition) is 5. The lowest BCUT2D eigenvalue weighted by Gasteiger charge is -2.39. The normalized spacial score (nSPS) is 27.5. The van der Waals surface area contributed by atoms with E-state index in [0.29, 0.717) is 0 Å². The van der Waals surface area contributed by atoms with Crippen LogP contribution in [0, 0.1) is 0 Å². The van der Waals surface area contributed by atoms with Gasteiger partial charge in [0.25, 0.3) is 0 Å². The quantitative estimate of drug-likeness (QED) is 0.233. The van der Waals surface area contributed by atoms with E-state index in [1.54, 1.807) is 0 Å². The van der Waals surface area contributed by atoms with E-state index in [-0.39, 0.29) is 16.7 Å². The van der Waals surface area contributed by atoms with Gasteiger partial charge in [-0.3, -0.25) is 4.79 Å². The molecule has 2 heterocycles. The second-order valence-corrected chi connectivity index (χ2v) is 6.13. The number of aromatic hydroxyl groups is 1. The Hall–Kier alpha value is -2.70. The molecule has 11 nitrogen and oxygen atoms in total. The molecule has 3 rings (SSSR count).